The zero-order chi connectivity index (χ0) is 15.9. The van der Waals surface area contributed by atoms with Crippen LogP contribution in [0, 0.1) is 0 Å². The normalized spacial score (nSPS) is 14.3. The van der Waals surface area contributed by atoms with Crippen LogP contribution < -0.4 is 4.90 Å². The van der Waals surface area contributed by atoms with Crippen molar-refractivity contribution in [1.82, 2.24) is 0 Å². The monoisotopic (exact) mass is 303 g/mol. The highest BCUT2D eigenvalue weighted by molar-refractivity contribution is 5.99. The molecule has 5 nitrogen and oxygen atoms in total. The van der Waals surface area contributed by atoms with Gasteiger partial charge in [-0.1, -0.05) is 18.2 Å². The molecule has 0 saturated carbocycles. The number of hydrogen-bond donors (Lipinski definition) is 0. The van der Waals surface area contributed by atoms with Crippen LogP contribution in [0.1, 0.15) is 25.8 Å². The van der Waals surface area contributed by atoms with E-state index < -0.39 is 11.9 Å². The van der Waals surface area contributed by atoms with Gasteiger partial charge in [-0.25, -0.2) is 9.59 Å². The second kappa shape index (κ2) is 7.64. The smallest absolute Gasteiger partial charge is 0.355 e. The summed E-state index contributed by atoms with van der Waals surface area (Å²) in [4.78, 5) is 25.9. The Morgan fingerprint density at radius 1 is 1.18 bits per heavy atom. The zero-order valence-electron chi connectivity index (χ0n) is 13.0. The molecule has 0 aliphatic carbocycles. The van der Waals surface area contributed by atoms with Crippen LogP contribution in [0.2, 0.25) is 0 Å². The van der Waals surface area contributed by atoms with E-state index in [1.807, 2.05) is 29.2 Å². The summed E-state index contributed by atoms with van der Waals surface area (Å²) in [7, 11) is 0. The number of aryl methyl sites for hydroxylation is 1. The molecule has 2 rings (SSSR count). The van der Waals surface area contributed by atoms with E-state index >= 15 is 0 Å². The molecule has 0 amide bonds. The molecule has 0 aromatic heterocycles. The van der Waals surface area contributed by atoms with Gasteiger partial charge in [0.1, 0.15) is 5.70 Å². The van der Waals surface area contributed by atoms with Gasteiger partial charge in [0.15, 0.2) is 0 Å². The second-order valence-corrected chi connectivity index (χ2v) is 4.89. The molecule has 0 bridgehead atoms. The lowest BCUT2D eigenvalue weighted by atomic mass is 10.0. The summed E-state index contributed by atoms with van der Waals surface area (Å²) in [6.45, 7) is 4.66. The molecule has 0 N–H and O–H groups in total. The van der Waals surface area contributed by atoms with Crippen molar-refractivity contribution < 1.29 is 19.1 Å². The number of nitrogens with zero attached hydrogens (tertiary/aromatic N) is 1. The first-order valence-electron chi connectivity index (χ1n) is 7.58. The number of carbonyl (C=O) groups excluding carboxylic acids is 2. The van der Waals surface area contributed by atoms with Gasteiger partial charge >= 0.3 is 11.9 Å². The van der Waals surface area contributed by atoms with Crippen LogP contribution in [-0.4, -0.2) is 31.7 Å². The highest BCUT2D eigenvalue weighted by Gasteiger charge is 2.26. The van der Waals surface area contributed by atoms with Crippen LogP contribution in [0.5, 0.6) is 0 Å². The molecular weight excluding hydrogens is 282 g/mol. The minimum atomic E-state index is -0.534. The summed E-state index contributed by atoms with van der Waals surface area (Å²) >= 11 is 0. The number of rotatable bonds is 5. The largest absolute Gasteiger partial charge is 0.463 e. The van der Waals surface area contributed by atoms with Crippen molar-refractivity contribution in [2.24, 2.45) is 0 Å². The number of hydrogen-bond acceptors (Lipinski definition) is 5. The molecule has 1 aliphatic rings. The fraction of sp³-hybridized carbons (Fsp3) is 0.412. The summed E-state index contributed by atoms with van der Waals surface area (Å²) in [5, 5.41) is 0. The van der Waals surface area contributed by atoms with Crippen LogP contribution in [0.3, 0.4) is 0 Å². The van der Waals surface area contributed by atoms with Gasteiger partial charge in [0.05, 0.1) is 19.3 Å². The van der Waals surface area contributed by atoms with Crippen molar-refractivity contribution in [3.05, 3.63) is 41.6 Å². The molecule has 0 atom stereocenters. The average molecular weight is 303 g/mol. The highest BCUT2D eigenvalue weighted by Crippen LogP contribution is 2.30. The van der Waals surface area contributed by atoms with E-state index in [4.69, 9.17) is 9.47 Å². The molecule has 0 unspecified atom stereocenters. The molecule has 0 saturated heterocycles. The van der Waals surface area contributed by atoms with Gasteiger partial charge in [-0.15, -0.1) is 0 Å². The first-order valence-corrected chi connectivity index (χ1v) is 7.58. The number of benzene rings is 1. The zero-order valence-corrected chi connectivity index (χ0v) is 13.0. The Labute approximate surface area is 130 Å². The van der Waals surface area contributed by atoms with E-state index in [0.717, 1.165) is 24.1 Å². The Bertz CT molecular complexity index is 580. The molecule has 5 heteroatoms. The van der Waals surface area contributed by atoms with Gasteiger partial charge in [0.2, 0.25) is 0 Å². The molecule has 0 spiro atoms. The van der Waals surface area contributed by atoms with E-state index in [9.17, 15) is 9.59 Å². The van der Waals surface area contributed by atoms with Crippen molar-refractivity contribution in [3.63, 3.8) is 0 Å². The number of fused-ring (bicyclic) bond motifs is 1. The molecule has 1 aromatic rings. The summed E-state index contributed by atoms with van der Waals surface area (Å²) in [5.41, 5.74) is 2.33. The minimum absolute atomic E-state index is 0.229. The summed E-state index contributed by atoms with van der Waals surface area (Å²) in [6, 6.07) is 7.88. The van der Waals surface area contributed by atoms with Crippen molar-refractivity contribution in [1.29, 1.82) is 0 Å². The van der Waals surface area contributed by atoms with E-state index in [1.165, 1.54) is 6.08 Å². The summed E-state index contributed by atoms with van der Waals surface area (Å²) in [5.74, 6) is -1.04. The Morgan fingerprint density at radius 3 is 2.64 bits per heavy atom. The number of carbonyl (C=O) groups is 2. The number of ether oxygens (including phenoxy) is 2. The Kier molecular flexibility index (Phi) is 5.58. The van der Waals surface area contributed by atoms with Crippen LogP contribution in [0.4, 0.5) is 5.69 Å². The molecule has 0 fully saturated rings. The fourth-order valence-electron chi connectivity index (χ4n) is 2.53. The third-order valence-corrected chi connectivity index (χ3v) is 3.43. The molecule has 1 aliphatic heterocycles. The van der Waals surface area contributed by atoms with Crippen molar-refractivity contribution >= 4 is 17.6 Å². The number of esters is 2. The van der Waals surface area contributed by atoms with Gasteiger partial charge in [0.25, 0.3) is 0 Å². The second-order valence-electron chi connectivity index (χ2n) is 4.89. The van der Waals surface area contributed by atoms with Crippen molar-refractivity contribution in [2.45, 2.75) is 26.7 Å². The Morgan fingerprint density at radius 2 is 1.91 bits per heavy atom. The molecule has 0 radical (unpaired) electrons. The molecule has 1 heterocycles. The van der Waals surface area contributed by atoms with Crippen molar-refractivity contribution in [3.8, 4) is 0 Å². The predicted molar refractivity (Wildman–Crippen MR) is 83.5 cm³/mol. The molecule has 1 aromatic carbocycles. The fourth-order valence-corrected chi connectivity index (χ4v) is 2.53. The highest BCUT2D eigenvalue weighted by atomic mass is 16.5. The van der Waals surface area contributed by atoms with Gasteiger partial charge < -0.3 is 14.4 Å². The topological polar surface area (TPSA) is 55.8 Å². The van der Waals surface area contributed by atoms with E-state index in [1.54, 1.807) is 13.8 Å². The lowest BCUT2D eigenvalue weighted by Gasteiger charge is -2.31. The van der Waals surface area contributed by atoms with Crippen LogP contribution >= 0.6 is 0 Å². The maximum atomic E-state index is 12.3. The minimum Gasteiger partial charge on any atom is -0.463 e. The molecular formula is C17H21NO4. The SMILES string of the molecule is CCOC(=O)C=C(C(=O)OCC)N1CCCc2ccccc21. The maximum Gasteiger partial charge on any atom is 0.355 e. The van der Waals surface area contributed by atoms with Gasteiger partial charge in [-0.05, 0) is 38.3 Å². The number of para-hydroxylation sites is 1. The van der Waals surface area contributed by atoms with Gasteiger partial charge in [0, 0.05) is 12.2 Å². The maximum absolute atomic E-state index is 12.3. The van der Waals surface area contributed by atoms with Crippen LogP contribution in [0.25, 0.3) is 0 Å². The predicted octanol–water partition coefficient (Wildman–Crippen LogP) is 2.45. The number of anilines is 1. The summed E-state index contributed by atoms with van der Waals surface area (Å²) < 4.78 is 10.0. The standard InChI is InChI=1S/C17H21NO4/c1-3-21-16(19)12-15(17(20)22-4-2)18-11-7-9-13-8-5-6-10-14(13)18/h5-6,8,10,12H,3-4,7,9,11H2,1-2H3. The van der Waals surface area contributed by atoms with Gasteiger partial charge in [-0.3, -0.25) is 0 Å². The third kappa shape index (κ3) is 3.67. The summed E-state index contributed by atoms with van der Waals surface area (Å²) in [6.07, 6.45) is 3.10. The first-order chi connectivity index (χ1) is 10.7. The Balaban J connectivity index is 2.37. The average Bonchev–Trinajstić information content (AvgIpc) is 2.52. The quantitative estimate of drug-likeness (QED) is 0.618. The molecule has 118 valence electrons. The molecule has 22 heavy (non-hydrogen) atoms. The lowest BCUT2D eigenvalue weighted by molar-refractivity contribution is -0.141. The van der Waals surface area contributed by atoms with E-state index in [0.29, 0.717) is 6.54 Å². The van der Waals surface area contributed by atoms with Crippen LogP contribution in [0.15, 0.2) is 36.0 Å². The lowest BCUT2D eigenvalue weighted by Crippen LogP contribution is -2.34. The van der Waals surface area contributed by atoms with E-state index in [2.05, 4.69) is 0 Å². The third-order valence-electron chi connectivity index (χ3n) is 3.43. The van der Waals surface area contributed by atoms with Gasteiger partial charge in [-0.2, -0.15) is 0 Å². The van der Waals surface area contributed by atoms with Crippen LogP contribution in [-0.2, 0) is 25.5 Å². The Hall–Kier alpha value is -2.30. The van der Waals surface area contributed by atoms with Crippen molar-refractivity contribution in [2.75, 3.05) is 24.7 Å². The first kappa shape index (κ1) is 16.1. The van der Waals surface area contributed by atoms with E-state index in [-0.39, 0.29) is 18.9 Å².